The number of hydrogen-bond donors (Lipinski definition) is 1. The standard InChI is InChI=1S/C16H27N5/c1-5-7-15(17-6-2)14-8-9-20(10-14)11-16-18-12-19-21(16)13(3)4/h8-10,12-13,15,17H,5-7,11H2,1-4H3. The highest BCUT2D eigenvalue weighted by Gasteiger charge is 2.12. The van der Waals surface area contributed by atoms with Gasteiger partial charge in [0.1, 0.15) is 12.2 Å². The molecular formula is C16H27N5. The molecule has 2 aromatic rings. The van der Waals surface area contributed by atoms with E-state index >= 15 is 0 Å². The number of hydrogen-bond acceptors (Lipinski definition) is 3. The third-order valence-electron chi connectivity index (χ3n) is 3.66. The molecule has 0 aromatic carbocycles. The summed E-state index contributed by atoms with van der Waals surface area (Å²) in [6.45, 7) is 10.4. The van der Waals surface area contributed by atoms with Gasteiger partial charge in [0.15, 0.2) is 0 Å². The Morgan fingerprint density at radius 2 is 2.10 bits per heavy atom. The van der Waals surface area contributed by atoms with Gasteiger partial charge in [0, 0.05) is 24.5 Å². The fourth-order valence-corrected chi connectivity index (χ4v) is 2.67. The molecule has 2 rings (SSSR count). The van der Waals surface area contributed by atoms with Crippen LogP contribution in [0.5, 0.6) is 0 Å². The summed E-state index contributed by atoms with van der Waals surface area (Å²) in [6, 6.07) is 3.00. The first-order chi connectivity index (χ1) is 10.2. The average molecular weight is 289 g/mol. The Hall–Kier alpha value is -1.62. The van der Waals surface area contributed by atoms with Crippen molar-refractivity contribution in [2.75, 3.05) is 6.54 Å². The Kier molecular flexibility index (Phi) is 5.56. The number of nitrogens with one attached hydrogen (secondary N) is 1. The first kappa shape index (κ1) is 15.8. The molecule has 21 heavy (non-hydrogen) atoms. The van der Waals surface area contributed by atoms with Gasteiger partial charge in [-0.05, 0) is 38.4 Å². The number of rotatable bonds is 8. The van der Waals surface area contributed by atoms with Gasteiger partial charge in [-0.2, -0.15) is 5.10 Å². The maximum absolute atomic E-state index is 4.37. The van der Waals surface area contributed by atoms with Crippen molar-refractivity contribution >= 4 is 0 Å². The summed E-state index contributed by atoms with van der Waals surface area (Å²) in [4.78, 5) is 4.37. The van der Waals surface area contributed by atoms with Crippen LogP contribution in [0, 0.1) is 0 Å². The molecular weight excluding hydrogens is 262 g/mol. The van der Waals surface area contributed by atoms with Crippen molar-refractivity contribution in [3.05, 3.63) is 36.2 Å². The van der Waals surface area contributed by atoms with E-state index in [4.69, 9.17) is 0 Å². The molecule has 5 nitrogen and oxygen atoms in total. The molecule has 0 bridgehead atoms. The predicted molar refractivity (Wildman–Crippen MR) is 85.3 cm³/mol. The second-order valence-electron chi connectivity index (χ2n) is 5.73. The lowest BCUT2D eigenvalue weighted by atomic mass is 10.1. The van der Waals surface area contributed by atoms with Crippen molar-refractivity contribution in [1.82, 2.24) is 24.6 Å². The molecule has 1 atom stereocenters. The minimum atomic E-state index is 0.340. The summed E-state index contributed by atoms with van der Waals surface area (Å²) in [6.07, 6.45) is 8.35. The van der Waals surface area contributed by atoms with Gasteiger partial charge in [0.05, 0.1) is 6.54 Å². The summed E-state index contributed by atoms with van der Waals surface area (Å²) in [5.74, 6) is 1.00. The molecule has 0 aliphatic carbocycles. The largest absolute Gasteiger partial charge is 0.346 e. The quantitative estimate of drug-likeness (QED) is 0.812. The monoisotopic (exact) mass is 289 g/mol. The second kappa shape index (κ2) is 7.41. The van der Waals surface area contributed by atoms with Gasteiger partial charge in [-0.25, -0.2) is 9.67 Å². The van der Waals surface area contributed by atoms with E-state index in [0.717, 1.165) is 18.9 Å². The van der Waals surface area contributed by atoms with E-state index in [1.807, 2.05) is 4.68 Å². The van der Waals surface area contributed by atoms with Gasteiger partial charge >= 0.3 is 0 Å². The van der Waals surface area contributed by atoms with Crippen LogP contribution in [0.3, 0.4) is 0 Å². The van der Waals surface area contributed by atoms with Crippen LogP contribution in [-0.2, 0) is 6.54 Å². The SMILES string of the molecule is CCCC(NCC)c1ccn(Cc2ncnn2C(C)C)c1. The fraction of sp³-hybridized carbons (Fsp3) is 0.625. The van der Waals surface area contributed by atoms with Crippen molar-refractivity contribution in [2.45, 2.75) is 59.2 Å². The zero-order valence-corrected chi connectivity index (χ0v) is 13.6. The van der Waals surface area contributed by atoms with Crippen LogP contribution < -0.4 is 5.32 Å². The minimum Gasteiger partial charge on any atom is -0.346 e. The summed E-state index contributed by atoms with van der Waals surface area (Å²) in [5.41, 5.74) is 1.36. The van der Waals surface area contributed by atoms with Gasteiger partial charge in [-0.1, -0.05) is 20.3 Å². The van der Waals surface area contributed by atoms with E-state index in [-0.39, 0.29) is 0 Å². The summed E-state index contributed by atoms with van der Waals surface area (Å²) in [7, 11) is 0. The van der Waals surface area contributed by atoms with Crippen LogP contribution in [0.4, 0.5) is 0 Å². The van der Waals surface area contributed by atoms with Crippen molar-refractivity contribution in [3.8, 4) is 0 Å². The Bertz CT molecular complexity index is 534. The second-order valence-corrected chi connectivity index (χ2v) is 5.73. The predicted octanol–water partition coefficient (Wildman–Crippen LogP) is 3.16. The zero-order chi connectivity index (χ0) is 15.2. The van der Waals surface area contributed by atoms with Crippen LogP contribution >= 0.6 is 0 Å². The van der Waals surface area contributed by atoms with Crippen LogP contribution in [0.2, 0.25) is 0 Å². The van der Waals surface area contributed by atoms with E-state index in [0.29, 0.717) is 12.1 Å². The summed E-state index contributed by atoms with van der Waals surface area (Å²) in [5, 5.41) is 7.85. The molecule has 0 spiro atoms. The maximum atomic E-state index is 4.37. The van der Waals surface area contributed by atoms with Gasteiger partial charge in [-0.15, -0.1) is 0 Å². The number of nitrogens with zero attached hydrogens (tertiary/aromatic N) is 4. The molecule has 0 radical (unpaired) electrons. The first-order valence-corrected chi connectivity index (χ1v) is 7.93. The number of aromatic nitrogens is 4. The van der Waals surface area contributed by atoms with E-state index in [9.17, 15) is 0 Å². The van der Waals surface area contributed by atoms with Gasteiger partial charge in [0.2, 0.25) is 0 Å². The molecule has 2 aromatic heterocycles. The highest BCUT2D eigenvalue weighted by Crippen LogP contribution is 2.19. The van der Waals surface area contributed by atoms with E-state index in [1.165, 1.54) is 18.4 Å². The highest BCUT2D eigenvalue weighted by molar-refractivity contribution is 5.16. The molecule has 0 saturated carbocycles. The zero-order valence-electron chi connectivity index (χ0n) is 13.6. The molecule has 2 heterocycles. The molecule has 0 aliphatic rings. The third kappa shape index (κ3) is 3.94. The molecule has 1 unspecified atom stereocenters. The Labute approximate surface area is 127 Å². The molecule has 116 valence electrons. The van der Waals surface area contributed by atoms with Crippen molar-refractivity contribution in [1.29, 1.82) is 0 Å². The molecule has 0 saturated heterocycles. The normalized spacial score (nSPS) is 13.0. The van der Waals surface area contributed by atoms with Crippen LogP contribution in [0.25, 0.3) is 0 Å². The topological polar surface area (TPSA) is 47.7 Å². The first-order valence-electron chi connectivity index (χ1n) is 7.93. The maximum Gasteiger partial charge on any atom is 0.147 e. The lowest BCUT2D eigenvalue weighted by molar-refractivity contribution is 0.494. The Morgan fingerprint density at radius 3 is 2.76 bits per heavy atom. The van der Waals surface area contributed by atoms with E-state index in [2.05, 4.69) is 66.1 Å². The van der Waals surface area contributed by atoms with Gasteiger partial charge in [-0.3, -0.25) is 0 Å². The summed E-state index contributed by atoms with van der Waals surface area (Å²) < 4.78 is 4.17. The smallest absolute Gasteiger partial charge is 0.147 e. The van der Waals surface area contributed by atoms with E-state index in [1.54, 1.807) is 6.33 Å². The molecule has 0 fully saturated rings. The van der Waals surface area contributed by atoms with Crippen LogP contribution in [0.1, 0.15) is 64.0 Å². The van der Waals surface area contributed by atoms with Gasteiger partial charge in [0.25, 0.3) is 0 Å². The lowest BCUT2D eigenvalue weighted by Gasteiger charge is -2.15. The molecule has 1 N–H and O–H groups in total. The van der Waals surface area contributed by atoms with Crippen molar-refractivity contribution in [2.24, 2.45) is 0 Å². The Balaban J connectivity index is 2.10. The lowest BCUT2D eigenvalue weighted by Crippen LogP contribution is -2.20. The van der Waals surface area contributed by atoms with Gasteiger partial charge < -0.3 is 9.88 Å². The van der Waals surface area contributed by atoms with Crippen molar-refractivity contribution < 1.29 is 0 Å². The highest BCUT2D eigenvalue weighted by atomic mass is 15.4. The molecule has 5 heteroatoms. The molecule has 0 aliphatic heterocycles. The van der Waals surface area contributed by atoms with Crippen LogP contribution in [0.15, 0.2) is 24.8 Å². The third-order valence-corrected chi connectivity index (χ3v) is 3.66. The minimum absolute atomic E-state index is 0.340. The summed E-state index contributed by atoms with van der Waals surface area (Å²) >= 11 is 0. The Morgan fingerprint density at radius 1 is 1.29 bits per heavy atom. The van der Waals surface area contributed by atoms with E-state index < -0.39 is 0 Å². The molecule has 0 amide bonds. The van der Waals surface area contributed by atoms with Crippen molar-refractivity contribution in [3.63, 3.8) is 0 Å². The average Bonchev–Trinajstić information content (AvgIpc) is 3.08. The van der Waals surface area contributed by atoms with Crippen LogP contribution in [-0.4, -0.2) is 25.9 Å². The fourth-order valence-electron chi connectivity index (χ4n) is 2.67.